The summed E-state index contributed by atoms with van der Waals surface area (Å²) in [5.74, 6) is 3.34. The third-order valence-electron chi connectivity index (χ3n) is 12.7. The SMILES string of the molecule is C=C(C)C(=O)OCCc1cc(C2CCC(C3CCC(CCCCC)CC3)CC2)cc(CCOC(=O)C(=C)C)c1OCCC(CO)(CO)CC(CC)CCC. The van der Waals surface area contributed by atoms with Crippen molar-refractivity contribution in [2.75, 3.05) is 33.0 Å². The molecule has 0 aromatic heterocycles. The summed E-state index contributed by atoms with van der Waals surface area (Å²) in [4.78, 5) is 24.7. The zero-order valence-corrected chi connectivity index (χ0v) is 34.9. The molecule has 306 valence electrons. The number of rotatable bonds is 25. The number of unbranched alkanes of at least 4 members (excludes halogenated alkanes) is 2. The summed E-state index contributed by atoms with van der Waals surface area (Å²) in [7, 11) is 0. The lowest BCUT2D eigenvalue weighted by atomic mass is 9.67. The Morgan fingerprint density at radius 1 is 0.778 bits per heavy atom. The molecule has 2 saturated carbocycles. The monoisotopic (exact) mass is 753 g/mol. The van der Waals surface area contributed by atoms with Gasteiger partial charge in [-0.3, -0.25) is 0 Å². The Labute approximate surface area is 328 Å². The van der Waals surface area contributed by atoms with Gasteiger partial charge in [-0.1, -0.05) is 104 Å². The highest BCUT2D eigenvalue weighted by Crippen LogP contribution is 2.46. The zero-order chi connectivity index (χ0) is 39.5. The van der Waals surface area contributed by atoms with Crippen LogP contribution >= 0.6 is 0 Å². The average molecular weight is 753 g/mol. The smallest absolute Gasteiger partial charge is 0.333 e. The quantitative estimate of drug-likeness (QED) is 0.0582. The maximum absolute atomic E-state index is 12.3. The molecule has 7 nitrogen and oxygen atoms in total. The highest BCUT2D eigenvalue weighted by atomic mass is 16.5. The minimum Gasteiger partial charge on any atom is -0.493 e. The van der Waals surface area contributed by atoms with E-state index in [1.165, 1.54) is 69.8 Å². The van der Waals surface area contributed by atoms with Crippen LogP contribution in [0, 0.1) is 29.1 Å². The van der Waals surface area contributed by atoms with Gasteiger partial charge in [0.2, 0.25) is 0 Å². The molecule has 54 heavy (non-hydrogen) atoms. The minimum absolute atomic E-state index is 0.109. The fourth-order valence-corrected chi connectivity index (χ4v) is 9.16. The number of aliphatic hydroxyl groups is 2. The van der Waals surface area contributed by atoms with Gasteiger partial charge in [-0.25, -0.2) is 9.59 Å². The molecule has 0 spiro atoms. The number of aliphatic hydroxyl groups excluding tert-OH is 2. The van der Waals surface area contributed by atoms with Gasteiger partial charge >= 0.3 is 11.9 Å². The van der Waals surface area contributed by atoms with Crippen molar-refractivity contribution in [3.63, 3.8) is 0 Å². The van der Waals surface area contributed by atoms with Crippen LogP contribution in [0.25, 0.3) is 0 Å². The second kappa shape index (κ2) is 24.1. The molecule has 0 bridgehead atoms. The fourth-order valence-electron chi connectivity index (χ4n) is 9.16. The first-order valence-corrected chi connectivity index (χ1v) is 21.6. The number of ether oxygens (including phenoxy) is 3. The molecule has 1 aromatic carbocycles. The molecule has 0 saturated heterocycles. The lowest BCUT2D eigenvalue weighted by molar-refractivity contribution is -0.139. The van der Waals surface area contributed by atoms with E-state index in [4.69, 9.17) is 14.2 Å². The molecule has 0 amide bonds. The van der Waals surface area contributed by atoms with E-state index in [9.17, 15) is 19.8 Å². The number of benzene rings is 1. The molecule has 7 heteroatoms. The second-order valence-electron chi connectivity index (χ2n) is 17.1. The molecule has 0 aliphatic heterocycles. The van der Waals surface area contributed by atoms with E-state index >= 15 is 0 Å². The third-order valence-corrected chi connectivity index (χ3v) is 12.7. The minimum atomic E-state index is -0.642. The predicted octanol–water partition coefficient (Wildman–Crippen LogP) is 10.6. The molecule has 1 atom stereocenters. The first-order chi connectivity index (χ1) is 26.0. The molecule has 0 heterocycles. The van der Waals surface area contributed by atoms with Gasteiger partial charge < -0.3 is 24.4 Å². The van der Waals surface area contributed by atoms with Crippen LogP contribution in [-0.4, -0.2) is 55.2 Å². The van der Waals surface area contributed by atoms with Crippen LogP contribution in [0.3, 0.4) is 0 Å². The zero-order valence-electron chi connectivity index (χ0n) is 34.9. The number of hydrogen-bond acceptors (Lipinski definition) is 7. The number of carbonyl (C=O) groups is 2. The van der Waals surface area contributed by atoms with E-state index in [1.807, 2.05) is 0 Å². The molecule has 2 aliphatic carbocycles. The van der Waals surface area contributed by atoms with Gasteiger partial charge in [-0.2, -0.15) is 0 Å². The van der Waals surface area contributed by atoms with Gasteiger partial charge in [0.15, 0.2) is 0 Å². The molecule has 0 radical (unpaired) electrons. The highest BCUT2D eigenvalue weighted by Gasteiger charge is 2.33. The predicted molar refractivity (Wildman–Crippen MR) is 220 cm³/mol. The number of esters is 2. The first-order valence-electron chi connectivity index (χ1n) is 21.6. The Bertz CT molecular complexity index is 1240. The summed E-state index contributed by atoms with van der Waals surface area (Å²) in [6.45, 7) is 17.9. The highest BCUT2D eigenvalue weighted by molar-refractivity contribution is 5.87. The van der Waals surface area contributed by atoms with Gasteiger partial charge in [-0.05, 0) is 111 Å². The van der Waals surface area contributed by atoms with Crippen LogP contribution < -0.4 is 4.74 Å². The van der Waals surface area contributed by atoms with Gasteiger partial charge in [0.1, 0.15) is 5.75 Å². The molecular formula is C47H76O7. The van der Waals surface area contributed by atoms with Crippen LogP contribution in [0.2, 0.25) is 0 Å². The summed E-state index contributed by atoms with van der Waals surface area (Å²) in [5.41, 5.74) is 3.27. The topological polar surface area (TPSA) is 102 Å². The van der Waals surface area contributed by atoms with Crippen LogP contribution in [0.5, 0.6) is 5.75 Å². The van der Waals surface area contributed by atoms with Gasteiger partial charge in [0, 0.05) is 29.4 Å². The Kier molecular flexibility index (Phi) is 20.4. The maximum Gasteiger partial charge on any atom is 0.333 e. The van der Waals surface area contributed by atoms with E-state index < -0.39 is 17.4 Å². The first kappa shape index (κ1) is 45.7. The van der Waals surface area contributed by atoms with E-state index in [0.717, 1.165) is 67.4 Å². The molecule has 2 fully saturated rings. The van der Waals surface area contributed by atoms with E-state index in [2.05, 4.69) is 46.1 Å². The number of hydrogen-bond donors (Lipinski definition) is 2. The van der Waals surface area contributed by atoms with E-state index in [0.29, 0.717) is 54.6 Å². The van der Waals surface area contributed by atoms with Gasteiger partial charge in [0.05, 0.1) is 33.0 Å². The van der Waals surface area contributed by atoms with Gasteiger partial charge in [0.25, 0.3) is 0 Å². The Morgan fingerprint density at radius 3 is 1.78 bits per heavy atom. The lowest BCUT2D eigenvalue weighted by Crippen LogP contribution is -2.34. The number of carbonyl (C=O) groups excluding carboxylic acids is 2. The molecular weight excluding hydrogens is 677 g/mol. The molecule has 2 N–H and O–H groups in total. The van der Waals surface area contributed by atoms with Crippen molar-refractivity contribution in [1.29, 1.82) is 0 Å². The Hall–Kier alpha value is -2.64. The molecule has 2 aliphatic rings. The summed E-state index contributed by atoms with van der Waals surface area (Å²) in [6, 6.07) is 4.50. The van der Waals surface area contributed by atoms with Crippen LogP contribution in [0.4, 0.5) is 0 Å². The van der Waals surface area contributed by atoms with Crippen molar-refractivity contribution in [3.05, 3.63) is 53.1 Å². The average Bonchev–Trinajstić information content (AvgIpc) is 3.18. The van der Waals surface area contributed by atoms with Crippen molar-refractivity contribution in [2.45, 2.75) is 163 Å². The van der Waals surface area contributed by atoms with Crippen LogP contribution in [-0.2, 0) is 31.9 Å². The summed E-state index contributed by atoms with van der Waals surface area (Å²) in [6.07, 6.45) is 21.2. The van der Waals surface area contributed by atoms with Gasteiger partial charge in [-0.15, -0.1) is 0 Å². The summed E-state index contributed by atoms with van der Waals surface area (Å²) >= 11 is 0. The standard InChI is InChI=1S/C47H76O7/c1-8-11-12-14-37-15-17-38(18-16-37)39-19-21-40(22-20-39)43-29-41(23-26-53-45(50)34(4)5)44(42(30-43)24-27-54-46(51)35(6)7)52-28-25-47(32-48,33-49)31-36(10-3)13-9-2/h29-30,36-40,48-49H,4,6,8-28,31-33H2,1-3,5,7H3. The van der Waals surface area contributed by atoms with Crippen LogP contribution in [0.15, 0.2) is 36.4 Å². The van der Waals surface area contributed by atoms with E-state index in [1.54, 1.807) is 13.8 Å². The molecule has 1 aromatic rings. The summed E-state index contributed by atoms with van der Waals surface area (Å²) < 4.78 is 17.8. The Morgan fingerprint density at radius 2 is 1.31 bits per heavy atom. The normalized spacial score (nSPS) is 20.9. The van der Waals surface area contributed by atoms with Crippen molar-refractivity contribution < 1.29 is 34.0 Å². The van der Waals surface area contributed by atoms with Crippen molar-refractivity contribution in [1.82, 2.24) is 0 Å². The molecule has 1 unspecified atom stereocenters. The second-order valence-corrected chi connectivity index (χ2v) is 17.1. The fraction of sp³-hybridized carbons (Fsp3) is 0.745. The van der Waals surface area contributed by atoms with E-state index in [-0.39, 0.29) is 26.4 Å². The lowest BCUT2D eigenvalue weighted by Gasteiger charge is -2.38. The van der Waals surface area contributed by atoms with Crippen LogP contribution in [0.1, 0.15) is 166 Å². The van der Waals surface area contributed by atoms with Crippen molar-refractivity contribution in [3.8, 4) is 5.75 Å². The maximum atomic E-state index is 12.3. The summed E-state index contributed by atoms with van der Waals surface area (Å²) in [5, 5.41) is 21.1. The van der Waals surface area contributed by atoms with Crippen molar-refractivity contribution >= 4 is 11.9 Å². The Balaban J connectivity index is 1.84. The third kappa shape index (κ3) is 14.5. The largest absolute Gasteiger partial charge is 0.493 e. The molecule has 3 rings (SSSR count). The van der Waals surface area contributed by atoms with Crippen molar-refractivity contribution in [2.24, 2.45) is 29.1 Å².